The maximum absolute atomic E-state index is 12.0. The second-order valence-corrected chi connectivity index (χ2v) is 7.69. The van der Waals surface area contributed by atoms with E-state index in [1.165, 1.54) is 11.3 Å². The number of ether oxygens (including phenoxy) is 1. The third-order valence-corrected chi connectivity index (χ3v) is 4.83. The highest BCUT2D eigenvalue weighted by Gasteiger charge is 2.31. The maximum Gasteiger partial charge on any atom is 0.410 e. The van der Waals surface area contributed by atoms with Crippen LogP contribution in [-0.2, 0) is 4.74 Å². The van der Waals surface area contributed by atoms with Gasteiger partial charge >= 0.3 is 6.09 Å². The van der Waals surface area contributed by atoms with Gasteiger partial charge in [-0.15, -0.1) is 11.3 Å². The molecular formula is C15H20BrNO3S. The largest absolute Gasteiger partial charge is 0.444 e. The van der Waals surface area contributed by atoms with Crippen LogP contribution in [0.2, 0.25) is 0 Å². The minimum absolute atomic E-state index is 0.105. The van der Waals surface area contributed by atoms with Crippen LogP contribution < -0.4 is 0 Å². The molecule has 0 radical (unpaired) electrons. The summed E-state index contributed by atoms with van der Waals surface area (Å²) < 4.78 is 5.40. The fourth-order valence-electron chi connectivity index (χ4n) is 2.30. The van der Waals surface area contributed by atoms with Crippen LogP contribution in [0.3, 0.4) is 0 Å². The first kappa shape index (κ1) is 16.5. The van der Waals surface area contributed by atoms with Crippen LogP contribution >= 0.6 is 27.3 Å². The number of thiophene rings is 1. The maximum atomic E-state index is 12.0. The fourth-order valence-corrected chi connectivity index (χ4v) is 3.72. The second-order valence-electron chi connectivity index (χ2n) is 6.21. The molecular weight excluding hydrogens is 354 g/mol. The third-order valence-electron chi connectivity index (χ3n) is 3.33. The molecule has 4 nitrogen and oxygen atoms in total. The quantitative estimate of drug-likeness (QED) is 0.592. The molecule has 0 spiro atoms. The van der Waals surface area contributed by atoms with Crippen molar-refractivity contribution in [2.24, 2.45) is 0 Å². The zero-order valence-electron chi connectivity index (χ0n) is 12.5. The van der Waals surface area contributed by atoms with E-state index in [9.17, 15) is 9.59 Å². The molecule has 0 bridgehead atoms. The minimum Gasteiger partial charge on any atom is -0.444 e. The van der Waals surface area contributed by atoms with Crippen LogP contribution in [0, 0.1) is 0 Å². The van der Waals surface area contributed by atoms with Gasteiger partial charge in [0.1, 0.15) is 5.60 Å². The van der Waals surface area contributed by atoms with Crippen molar-refractivity contribution in [3.05, 3.63) is 21.9 Å². The molecule has 1 unspecified atom stereocenters. The summed E-state index contributed by atoms with van der Waals surface area (Å²) in [4.78, 5) is 26.2. The van der Waals surface area contributed by atoms with Crippen molar-refractivity contribution in [3.8, 4) is 0 Å². The lowest BCUT2D eigenvalue weighted by molar-refractivity contribution is 0.0292. The third kappa shape index (κ3) is 4.30. The number of ketones is 1. The number of nitrogens with zero attached hydrogens (tertiary/aromatic N) is 1. The van der Waals surface area contributed by atoms with Crippen LogP contribution in [0.25, 0.3) is 0 Å². The Bertz CT molecular complexity index is 535. The molecule has 2 heterocycles. The number of Topliss-reactive ketones (excluding diaryl/α,β-unsaturated/α-hetero) is 1. The average molecular weight is 374 g/mol. The number of carbonyl (C=O) groups is 2. The Balaban J connectivity index is 1.97. The van der Waals surface area contributed by atoms with E-state index in [0.717, 1.165) is 16.9 Å². The van der Waals surface area contributed by atoms with E-state index in [1.807, 2.05) is 32.2 Å². The molecule has 1 atom stereocenters. The van der Waals surface area contributed by atoms with E-state index < -0.39 is 5.60 Å². The van der Waals surface area contributed by atoms with E-state index >= 15 is 0 Å². The highest BCUT2D eigenvalue weighted by molar-refractivity contribution is 9.09. The monoisotopic (exact) mass is 373 g/mol. The molecule has 0 N–H and O–H groups in total. The highest BCUT2D eigenvalue weighted by Crippen LogP contribution is 2.31. The SMILES string of the molecule is CC(C)(C)OC(=O)N1CCC(c2csc(C(=O)CBr)c2)C1. The average Bonchev–Trinajstić information content (AvgIpc) is 3.04. The van der Waals surface area contributed by atoms with E-state index in [1.54, 1.807) is 4.90 Å². The number of carbonyl (C=O) groups excluding carboxylic acids is 2. The Morgan fingerprint density at radius 1 is 1.48 bits per heavy atom. The predicted octanol–water partition coefficient (Wildman–Crippen LogP) is 4.05. The summed E-state index contributed by atoms with van der Waals surface area (Å²) in [6.45, 7) is 6.98. The molecule has 1 aliphatic rings. The van der Waals surface area contributed by atoms with Gasteiger partial charge in [0.05, 0.1) is 10.2 Å². The van der Waals surface area contributed by atoms with Crippen molar-refractivity contribution in [2.75, 3.05) is 18.4 Å². The van der Waals surface area contributed by atoms with Gasteiger partial charge in [0.25, 0.3) is 0 Å². The molecule has 21 heavy (non-hydrogen) atoms. The number of hydrogen-bond acceptors (Lipinski definition) is 4. The molecule has 1 amide bonds. The Hall–Kier alpha value is -0.880. The number of amides is 1. The van der Waals surface area contributed by atoms with Crippen LogP contribution in [0.1, 0.15) is 48.3 Å². The summed E-state index contributed by atoms with van der Waals surface area (Å²) in [7, 11) is 0. The molecule has 0 saturated carbocycles. The van der Waals surface area contributed by atoms with Gasteiger partial charge in [-0.3, -0.25) is 4.79 Å². The smallest absolute Gasteiger partial charge is 0.410 e. The zero-order chi connectivity index (χ0) is 15.6. The lowest BCUT2D eigenvalue weighted by atomic mass is 10.0. The predicted molar refractivity (Wildman–Crippen MR) is 87.6 cm³/mol. The standard InChI is InChI=1S/C15H20BrNO3S/c1-15(2,3)20-14(19)17-5-4-10(8-17)11-6-13(21-9-11)12(18)7-16/h6,9-10H,4-5,7-8H2,1-3H3. The number of alkyl halides is 1. The van der Waals surface area contributed by atoms with E-state index in [0.29, 0.717) is 24.3 Å². The second kappa shape index (κ2) is 6.48. The number of likely N-dealkylation sites (tertiary alicyclic amines) is 1. The summed E-state index contributed by atoms with van der Waals surface area (Å²) in [5.74, 6) is 0.402. The van der Waals surface area contributed by atoms with Gasteiger partial charge in [-0.2, -0.15) is 0 Å². The summed E-state index contributed by atoms with van der Waals surface area (Å²) >= 11 is 4.66. The molecule has 116 valence electrons. The Kier molecular flexibility index (Phi) is 5.09. The summed E-state index contributed by atoms with van der Waals surface area (Å²) in [6, 6.07) is 1.96. The molecule has 1 fully saturated rings. The van der Waals surface area contributed by atoms with Crippen molar-refractivity contribution >= 4 is 39.1 Å². The topological polar surface area (TPSA) is 46.6 Å². The number of rotatable bonds is 3. The van der Waals surface area contributed by atoms with Crippen molar-refractivity contribution in [1.82, 2.24) is 4.90 Å². The van der Waals surface area contributed by atoms with Crippen molar-refractivity contribution < 1.29 is 14.3 Å². The molecule has 2 rings (SSSR count). The highest BCUT2D eigenvalue weighted by atomic mass is 79.9. The lowest BCUT2D eigenvalue weighted by Crippen LogP contribution is -2.35. The van der Waals surface area contributed by atoms with E-state index in [4.69, 9.17) is 4.74 Å². The Labute approximate surface area is 137 Å². The summed E-state index contributed by atoms with van der Waals surface area (Å²) in [5.41, 5.74) is 0.683. The normalized spacial score (nSPS) is 18.9. The first-order valence-electron chi connectivity index (χ1n) is 6.95. The summed E-state index contributed by atoms with van der Waals surface area (Å²) in [6.07, 6.45) is 0.662. The molecule has 0 aliphatic carbocycles. The van der Waals surface area contributed by atoms with Crippen LogP contribution in [0.4, 0.5) is 4.79 Å². The van der Waals surface area contributed by atoms with Crippen molar-refractivity contribution in [2.45, 2.75) is 38.7 Å². The van der Waals surface area contributed by atoms with Gasteiger partial charge in [-0.05, 0) is 44.2 Å². The zero-order valence-corrected chi connectivity index (χ0v) is 14.9. The lowest BCUT2D eigenvalue weighted by Gasteiger charge is -2.24. The van der Waals surface area contributed by atoms with Crippen molar-refractivity contribution in [1.29, 1.82) is 0 Å². The molecule has 1 aromatic heterocycles. The fraction of sp³-hybridized carbons (Fsp3) is 0.600. The molecule has 1 saturated heterocycles. The van der Waals surface area contributed by atoms with Crippen LogP contribution in [-0.4, -0.2) is 40.8 Å². The van der Waals surface area contributed by atoms with Crippen molar-refractivity contribution in [3.63, 3.8) is 0 Å². The van der Waals surface area contributed by atoms with Gasteiger partial charge in [0.2, 0.25) is 0 Å². The van der Waals surface area contributed by atoms with Crippen LogP contribution in [0.5, 0.6) is 0 Å². The minimum atomic E-state index is -0.465. The Morgan fingerprint density at radius 3 is 2.81 bits per heavy atom. The molecule has 0 aromatic carbocycles. The van der Waals surface area contributed by atoms with E-state index in [2.05, 4.69) is 15.9 Å². The summed E-state index contributed by atoms with van der Waals surface area (Å²) in [5, 5.41) is 2.38. The van der Waals surface area contributed by atoms with Crippen LogP contribution in [0.15, 0.2) is 11.4 Å². The molecule has 1 aromatic rings. The number of halogens is 1. The number of hydrogen-bond donors (Lipinski definition) is 0. The van der Waals surface area contributed by atoms with Gasteiger partial charge in [0, 0.05) is 19.0 Å². The van der Waals surface area contributed by atoms with E-state index in [-0.39, 0.29) is 11.9 Å². The Morgan fingerprint density at radius 2 is 2.19 bits per heavy atom. The molecule has 1 aliphatic heterocycles. The first-order chi connectivity index (χ1) is 9.80. The van der Waals surface area contributed by atoms with Gasteiger partial charge in [-0.1, -0.05) is 15.9 Å². The molecule has 6 heteroatoms. The first-order valence-corrected chi connectivity index (χ1v) is 8.96. The van der Waals surface area contributed by atoms with Gasteiger partial charge in [-0.25, -0.2) is 4.79 Å². The van der Waals surface area contributed by atoms with Gasteiger partial charge in [0.15, 0.2) is 5.78 Å². The van der Waals surface area contributed by atoms with Gasteiger partial charge < -0.3 is 9.64 Å².